The molecule has 0 saturated carbocycles. The summed E-state index contributed by atoms with van der Waals surface area (Å²) in [6, 6.07) is -0.286. The maximum atomic E-state index is 11.9. The molecule has 0 aromatic carbocycles. The van der Waals surface area contributed by atoms with Crippen molar-refractivity contribution in [1.82, 2.24) is 15.1 Å². The smallest absolute Gasteiger partial charge is 0.324 e. The van der Waals surface area contributed by atoms with Gasteiger partial charge in [-0.1, -0.05) is 0 Å². The molecule has 2 rings (SSSR count). The lowest BCUT2D eigenvalue weighted by Crippen LogP contribution is -2.45. The van der Waals surface area contributed by atoms with Gasteiger partial charge in [0.05, 0.1) is 25.9 Å². The number of carbonyl (C=O) groups excluding carboxylic acids is 2. The highest BCUT2D eigenvalue weighted by molar-refractivity contribution is 5.96. The fourth-order valence-electron chi connectivity index (χ4n) is 2.44. The van der Waals surface area contributed by atoms with Crippen LogP contribution in [0.3, 0.4) is 0 Å². The van der Waals surface area contributed by atoms with E-state index >= 15 is 0 Å². The Kier molecular flexibility index (Phi) is 5.12. The van der Waals surface area contributed by atoms with Crippen LogP contribution in [0, 0.1) is 0 Å². The normalized spacial score (nSPS) is 21.7. The van der Waals surface area contributed by atoms with E-state index in [4.69, 9.17) is 9.84 Å². The van der Waals surface area contributed by atoms with Crippen LogP contribution >= 0.6 is 0 Å². The molecule has 2 aliphatic heterocycles. The van der Waals surface area contributed by atoms with E-state index in [-0.39, 0.29) is 24.6 Å². The Morgan fingerprint density at radius 1 is 1.37 bits per heavy atom. The Hall–Kier alpha value is -1.18. The Morgan fingerprint density at radius 2 is 2.11 bits per heavy atom. The van der Waals surface area contributed by atoms with E-state index in [2.05, 4.69) is 5.32 Å². The molecule has 0 unspecified atom stereocenters. The van der Waals surface area contributed by atoms with Crippen molar-refractivity contribution in [2.45, 2.75) is 18.9 Å². The van der Waals surface area contributed by atoms with Gasteiger partial charge < -0.3 is 15.2 Å². The van der Waals surface area contributed by atoms with Gasteiger partial charge in [0.1, 0.15) is 0 Å². The molecule has 19 heavy (non-hydrogen) atoms. The topological polar surface area (TPSA) is 82.1 Å². The van der Waals surface area contributed by atoms with Gasteiger partial charge in [-0.25, -0.2) is 4.79 Å². The van der Waals surface area contributed by atoms with Gasteiger partial charge in [-0.15, -0.1) is 0 Å². The van der Waals surface area contributed by atoms with Gasteiger partial charge >= 0.3 is 6.03 Å². The average Bonchev–Trinajstić information content (AvgIpc) is 2.84. The maximum absolute atomic E-state index is 11.9. The standard InChI is InChI=1S/C12H21N3O4/c16-7-8-19-10-1-4-14(5-2-10)9-11(17)15-6-3-13-12(15)18/h10,16H,1-9H2,(H,13,18). The number of hydrogen-bond acceptors (Lipinski definition) is 5. The lowest BCUT2D eigenvalue weighted by Gasteiger charge is -2.31. The van der Waals surface area contributed by atoms with Crippen molar-refractivity contribution in [3.63, 3.8) is 0 Å². The summed E-state index contributed by atoms with van der Waals surface area (Å²) >= 11 is 0. The highest BCUT2D eigenvalue weighted by Gasteiger charge is 2.28. The highest BCUT2D eigenvalue weighted by atomic mass is 16.5. The van der Waals surface area contributed by atoms with E-state index in [0.717, 1.165) is 25.9 Å². The summed E-state index contributed by atoms with van der Waals surface area (Å²) in [6.45, 7) is 3.30. The summed E-state index contributed by atoms with van der Waals surface area (Å²) in [5.41, 5.74) is 0. The molecular formula is C12H21N3O4. The fourth-order valence-corrected chi connectivity index (χ4v) is 2.44. The molecule has 0 radical (unpaired) electrons. The molecule has 3 amide bonds. The summed E-state index contributed by atoms with van der Waals surface area (Å²) in [6.07, 6.45) is 1.90. The number of imide groups is 1. The number of nitrogens with zero attached hydrogens (tertiary/aromatic N) is 2. The number of urea groups is 1. The molecule has 2 aliphatic rings. The van der Waals surface area contributed by atoms with Crippen molar-refractivity contribution >= 4 is 11.9 Å². The third-order valence-corrected chi connectivity index (χ3v) is 3.50. The lowest BCUT2D eigenvalue weighted by atomic mass is 10.1. The van der Waals surface area contributed by atoms with Crippen LogP contribution in [0.4, 0.5) is 4.79 Å². The quantitative estimate of drug-likeness (QED) is 0.671. The van der Waals surface area contributed by atoms with Crippen LogP contribution in [0.1, 0.15) is 12.8 Å². The SMILES string of the molecule is O=C(CN1CCC(OCCO)CC1)N1CCNC1=O. The molecule has 0 bridgehead atoms. The molecule has 2 N–H and O–H groups in total. The van der Waals surface area contributed by atoms with Crippen molar-refractivity contribution in [2.75, 3.05) is 45.9 Å². The summed E-state index contributed by atoms with van der Waals surface area (Å²) in [7, 11) is 0. The minimum Gasteiger partial charge on any atom is -0.394 e. The molecule has 2 heterocycles. The molecule has 7 heteroatoms. The first-order chi connectivity index (χ1) is 9.20. The summed E-state index contributed by atoms with van der Waals surface area (Å²) < 4.78 is 5.47. The molecule has 0 aromatic heterocycles. The van der Waals surface area contributed by atoms with E-state index in [1.165, 1.54) is 4.90 Å². The van der Waals surface area contributed by atoms with Crippen LogP contribution < -0.4 is 5.32 Å². The van der Waals surface area contributed by atoms with Crippen LogP contribution in [0.15, 0.2) is 0 Å². The number of aliphatic hydroxyl groups is 1. The zero-order valence-corrected chi connectivity index (χ0v) is 11.0. The first-order valence-corrected chi connectivity index (χ1v) is 6.73. The molecule has 2 saturated heterocycles. The van der Waals surface area contributed by atoms with Crippen LogP contribution in [0.25, 0.3) is 0 Å². The Morgan fingerprint density at radius 3 is 2.68 bits per heavy atom. The van der Waals surface area contributed by atoms with Crippen LogP contribution in [-0.4, -0.2) is 78.9 Å². The number of ether oxygens (including phenoxy) is 1. The molecule has 2 fully saturated rings. The van der Waals surface area contributed by atoms with E-state index in [1.807, 2.05) is 4.90 Å². The van der Waals surface area contributed by atoms with Crippen molar-refractivity contribution in [3.8, 4) is 0 Å². The maximum Gasteiger partial charge on any atom is 0.324 e. The first kappa shape index (κ1) is 14.2. The number of carbonyl (C=O) groups is 2. The number of amides is 3. The van der Waals surface area contributed by atoms with Crippen LogP contribution in [-0.2, 0) is 9.53 Å². The predicted octanol–water partition coefficient (Wildman–Crippen LogP) is -0.988. The molecule has 0 aromatic rings. The molecule has 0 spiro atoms. The summed E-state index contributed by atoms with van der Waals surface area (Å²) in [5, 5.41) is 11.3. The second-order valence-electron chi connectivity index (χ2n) is 4.85. The number of piperidine rings is 1. The van der Waals surface area contributed by atoms with Crippen molar-refractivity contribution in [1.29, 1.82) is 0 Å². The molecule has 108 valence electrons. The molecule has 0 aliphatic carbocycles. The van der Waals surface area contributed by atoms with Gasteiger partial charge in [0.15, 0.2) is 0 Å². The van der Waals surface area contributed by atoms with Gasteiger partial charge in [-0.2, -0.15) is 0 Å². The van der Waals surface area contributed by atoms with E-state index < -0.39 is 0 Å². The molecule has 0 atom stereocenters. The highest BCUT2D eigenvalue weighted by Crippen LogP contribution is 2.13. The van der Waals surface area contributed by atoms with Crippen LogP contribution in [0.5, 0.6) is 0 Å². The number of nitrogens with one attached hydrogen (secondary N) is 1. The van der Waals surface area contributed by atoms with Gasteiger partial charge in [-0.3, -0.25) is 14.6 Å². The summed E-state index contributed by atoms with van der Waals surface area (Å²) in [4.78, 5) is 26.6. The van der Waals surface area contributed by atoms with Crippen molar-refractivity contribution < 1.29 is 19.4 Å². The van der Waals surface area contributed by atoms with Gasteiger partial charge in [-0.05, 0) is 12.8 Å². The van der Waals surface area contributed by atoms with Crippen LogP contribution in [0.2, 0.25) is 0 Å². The lowest BCUT2D eigenvalue weighted by molar-refractivity contribution is -0.129. The fraction of sp³-hybridized carbons (Fsp3) is 0.833. The van der Waals surface area contributed by atoms with E-state index in [0.29, 0.717) is 26.2 Å². The van der Waals surface area contributed by atoms with Gasteiger partial charge in [0.2, 0.25) is 5.91 Å². The number of rotatable bonds is 5. The second-order valence-corrected chi connectivity index (χ2v) is 4.85. The van der Waals surface area contributed by atoms with Gasteiger partial charge in [0, 0.05) is 26.2 Å². The number of likely N-dealkylation sites (tertiary alicyclic amines) is 1. The average molecular weight is 271 g/mol. The predicted molar refractivity (Wildman–Crippen MR) is 67.6 cm³/mol. The first-order valence-electron chi connectivity index (χ1n) is 6.73. The number of hydrogen-bond donors (Lipinski definition) is 2. The third-order valence-electron chi connectivity index (χ3n) is 3.50. The molecule has 7 nitrogen and oxygen atoms in total. The Bertz CT molecular complexity index is 329. The van der Waals surface area contributed by atoms with Gasteiger partial charge in [0.25, 0.3) is 0 Å². The Labute approximate surface area is 112 Å². The Balaban J connectivity index is 1.70. The minimum atomic E-state index is -0.286. The third kappa shape index (κ3) is 3.89. The van der Waals surface area contributed by atoms with E-state index in [1.54, 1.807) is 0 Å². The largest absolute Gasteiger partial charge is 0.394 e. The van der Waals surface area contributed by atoms with Crippen molar-refractivity contribution in [2.24, 2.45) is 0 Å². The summed E-state index contributed by atoms with van der Waals surface area (Å²) in [5.74, 6) is -0.135. The zero-order valence-electron chi connectivity index (χ0n) is 11.0. The number of aliphatic hydroxyl groups excluding tert-OH is 1. The minimum absolute atomic E-state index is 0.0444. The van der Waals surface area contributed by atoms with E-state index in [9.17, 15) is 9.59 Å². The second kappa shape index (κ2) is 6.83. The monoisotopic (exact) mass is 271 g/mol. The molecular weight excluding hydrogens is 250 g/mol. The van der Waals surface area contributed by atoms with Crippen molar-refractivity contribution in [3.05, 3.63) is 0 Å². The zero-order chi connectivity index (χ0) is 13.7.